The second-order valence-corrected chi connectivity index (χ2v) is 5.77. The second kappa shape index (κ2) is 5.14. The first-order valence-corrected chi connectivity index (χ1v) is 6.12. The summed E-state index contributed by atoms with van der Waals surface area (Å²) in [5.41, 5.74) is -1.24. The van der Waals surface area contributed by atoms with E-state index < -0.39 is 11.5 Å². The van der Waals surface area contributed by atoms with Crippen LogP contribution in [0.2, 0.25) is 0 Å². The molecule has 2 unspecified atom stereocenters. The number of likely N-dealkylation sites (tertiary alicyclic amines) is 1. The summed E-state index contributed by atoms with van der Waals surface area (Å²) >= 11 is 0. The van der Waals surface area contributed by atoms with E-state index in [1.807, 2.05) is 14.1 Å². The molecule has 2 N–H and O–H groups in total. The van der Waals surface area contributed by atoms with Crippen molar-refractivity contribution in [1.82, 2.24) is 15.1 Å². The fourth-order valence-electron chi connectivity index (χ4n) is 2.19. The van der Waals surface area contributed by atoms with Crippen LogP contribution in [0.15, 0.2) is 0 Å². The van der Waals surface area contributed by atoms with Gasteiger partial charge in [0.2, 0.25) is 0 Å². The smallest absolute Gasteiger partial charge is 0.328 e. The Morgan fingerprint density at radius 1 is 1.33 bits per heavy atom. The van der Waals surface area contributed by atoms with E-state index in [-0.39, 0.29) is 6.03 Å². The SMILES string of the molecule is CC1CN(C(=O)NC(C)(C)C(=O)O)CC1N(C)C. The Morgan fingerprint density at radius 2 is 1.89 bits per heavy atom. The molecule has 1 saturated heterocycles. The van der Waals surface area contributed by atoms with Crippen molar-refractivity contribution in [3.63, 3.8) is 0 Å². The first-order chi connectivity index (χ1) is 8.15. The standard InChI is InChI=1S/C12H23N3O3/c1-8-6-15(7-9(8)14(4)5)11(18)13-12(2,3)10(16)17/h8-9H,6-7H2,1-5H3,(H,13,18)(H,16,17). The van der Waals surface area contributed by atoms with E-state index in [1.54, 1.807) is 4.90 Å². The van der Waals surface area contributed by atoms with E-state index in [4.69, 9.17) is 5.11 Å². The summed E-state index contributed by atoms with van der Waals surface area (Å²) in [6.45, 7) is 6.35. The summed E-state index contributed by atoms with van der Waals surface area (Å²) in [6, 6.07) is 0.0160. The first kappa shape index (κ1) is 14.8. The fourth-order valence-corrected chi connectivity index (χ4v) is 2.19. The monoisotopic (exact) mass is 257 g/mol. The van der Waals surface area contributed by atoms with Crippen LogP contribution in [-0.2, 0) is 4.79 Å². The minimum absolute atomic E-state index is 0.307. The average Bonchev–Trinajstić information content (AvgIpc) is 2.59. The molecule has 2 amide bonds. The Balaban J connectivity index is 2.63. The molecule has 1 rings (SSSR count). The molecule has 1 aliphatic rings. The number of likely N-dealkylation sites (N-methyl/N-ethyl adjacent to an activating group) is 1. The van der Waals surface area contributed by atoms with Crippen LogP contribution in [0.5, 0.6) is 0 Å². The van der Waals surface area contributed by atoms with Crippen molar-refractivity contribution >= 4 is 12.0 Å². The molecule has 104 valence electrons. The Bertz CT molecular complexity index is 341. The maximum atomic E-state index is 12.0. The molecule has 18 heavy (non-hydrogen) atoms. The van der Waals surface area contributed by atoms with Crippen molar-refractivity contribution < 1.29 is 14.7 Å². The number of hydrogen-bond donors (Lipinski definition) is 2. The number of aliphatic carboxylic acids is 1. The van der Waals surface area contributed by atoms with Gasteiger partial charge in [0, 0.05) is 19.1 Å². The van der Waals surface area contributed by atoms with Crippen LogP contribution >= 0.6 is 0 Å². The number of carboxylic acid groups (broad SMARTS) is 1. The van der Waals surface area contributed by atoms with Gasteiger partial charge in [-0.3, -0.25) is 0 Å². The predicted molar refractivity (Wildman–Crippen MR) is 68.5 cm³/mol. The van der Waals surface area contributed by atoms with Gasteiger partial charge in [0.25, 0.3) is 0 Å². The first-order valence-electron chi connectivity index (χ1n) is 6.12. The minimum atomic E-state index is -1.24. The molecular weight excluding hydrogens is 234 g/mol. The van der Waals surface area contributed by atoms with Crippen molar-refractivity contribution in [3.8, 4) is 0 Å². The molecule has 1 heterocycles. The van der Waals surface area contributed by atoms with Gasteiger partial charge in [-0.1, -0.05) is 6.92 Å². The largest absolute Gasteiger partial charge is 0.480 e. The van der Waals surface area contributed by atoms with Gasteiger partial charge in [-0.25, -0.2) is 9.59 Å². The highest BCUT2D eigenvalue weighted by molar-refractivity contribution is 5.85. The van der Waals surface area contributed by atoms with E-state index >= 15 is 0 Å². The van der Waals surface area contributed by atoms with Crippen LogP contribution in [0.1, 0.15) is 20.8 Å². The summed E-state index contributed by atoms with van der Waals surface area (Å²) in [7, 11) is 3.98. The van der Waals surface area contributed by atoms with Gasteiger partial charge in [-0.2, -0.15) is 0 Å². The van der Waals surface area contributed by atoms with Crippen molar-refractivity contribution in [2.45, 2.75) is 32.4 Å². The lowest BCUT2D eigenvalue weighted by Crippen LogP contribution is -2.54. The minimum Gasteiger partial charge on any atom is -0.480 e. The molecule has 6 heteroatoms. The highest BCUT2D eigenvalue weighted by atomic mass is 16.4. The second-order valence-electron chi connectivity index (χ2n) is 5.77. The average molecular weight is 257 g/mol. The van der Waals surface area contributed by atoms with Gasteiger partial charge in [-0.15, -0.1) is 0 Å². The number of carbonyl (C=O) groups excluding carboxylic acids is 1. The van der Waals surface area contributed by atoms with E-state index in [1.165, 1.54) is 13.8 Å². The molecule has 0 bridgehead atoms. The Kier molecular flexibility index (Phi) is 4.21. The van der Waals surface area contributed by atoms with Gasteiger partial charge < -0.3 is 20.2 Å². The fraction of sp³-hybridized carbons (Fsp3) is 0.833. The van der Waals surface area contributed by atoms with Crippen LogP contribution in [0.3, 0.4) is 0 Å². The zero-order valence-electron chi connectivity index (χ0n) is 11.7. The number of amides is 2. The Hall–Kier alpha value is -1.30. The van der Waals surface area contributed by atoms with Crippen LogP contribution in [-0.4, -0.2) is 65.7 Å². The molecule has 1 fully saturated rings. The number of carboxylic acids is 1. The van der Waals surface area contributed by atoms with E-state index in [2.05, 4.69) is 17.1 Å². The normalized spacial score (nSPS) is 24.4. The molecule has 0 spiro atoms. The van der Waals surface area contributed by atoms with Crippen LogP contribution in [0.4, 0.5) is 4.79 Å². The molecule has 0 aromatic rings. The van der Waals surface area contributed by atoms with Gasteiger partial charge in [0.15, 0.2) is 0 Å². The molecule has 0 saturated carbocycles. The van der Waals surface area contributed by atoms with Gasteiger partial charge in [0.05, 0.1) is 0 Å². The highest BCUT2D eigenvalue weighted by Crippen LogP contribution is 2.20. The number of hydrogen-bond acceptors (Lipinski definition) is 3. The molecule has 2 atom stereocenters. The maximum Gasteiger partial charge on any atom is 0.328 e. The van der Waals surface area contributed by atoms with Crippen molar-refractivity contribution in [2.24, 2.45) is 5.92 Å². The molecule has 1 aliphatic heterocycles. The lowest BCUT2D eigenvalue weighted by Gasteiger charge is -2.26. The summed E-state index contributed by atoms with van der Waals surface area (Å²) in [5, 5.41) is 11.5. The van der Waals surface area contributed by atoms with E-state index in [0.29, 0.717) is 25.0 Å². The molecule has 0 aliphatic carbocycles. The molecule has 0 aromatic carbocycles. The van der Waals surface area contributed by atoms with Crippen molar-refractivity contribution in [3.05, 3.63) is 0 Å². The zero-order chi connectivity index (χ0) is 14.1. The third kappa shape index (κ3) is 3.13. The van der Waals surface area contributed by atoms with E-state index in [9.17, 15) is 9.59 Å². The Morgan fingerprint density at radius 3 is 2.28 bits per heavy atom. The van der Waals surface area contributed by atoms with Crippen molar-refractivity contribution in [2.75, 3.05) is 27.2 Å². The lowest BCUT2D eigenvalue weighted by atomic mass is 10.1. The summed E-state index contributed by atoms with van der Waals surface area (Å²) in [6.07, 6.45) is 0. The summed E-state index contributed by atoms with van der Waals surface area (Å²) < 4.78 is 0. The number of nitrogens with one attached hydrogen (secondary N) is 1. The molecule has 0 aromatic heterocycles. The van der Waals surface area contributed by atoms with Gasteiger partial charge >= 0.3 is 12.0 Å². The maximum absolute atomic E-state index is 12.0. The molecular formula is C12H23N3O3. The van der Waals surface area contributed by atoms with Crippen LogP contribution in [0, 0.1) is 5.92 Å². The third-order valence-electron chi connectivity index (χ3n) is 3.48. The topological polar surface area (TPSA) is 72.9 Å². The van der Waals surface area contributed by atoms with Gasteiger partial charge in [0.1, 0.15) is 5.54 Å². The third-order valence-corrected chi connectivity index (χ3v) is 3.48. The summed E-state index contributed by atoms with van der Waals surface area (Å²) in [4.78, 5) is 26.8. The quantitative estimate of drug-likeness (QED) is 0.769. The predicted octanol–water partition coefficient (Wildman–Crippen LogP) is 0.441. The molecule has 0 radical (unpaired) electrons. The van der Waals surface area contributed by atoms with Crippen LogP contribution < -0.4 is 5.32 Å². The van der Waals surface area contributed by atoms with Crippen molar-refractivity contribution in [1.29, 1.82) is 0 Å². The van der Waals surface area contributed by atoms with Crippen LogP contribution in [0.25, 0.3) is 0 Å². The van der Waals surface area contributed by atoms with E-state index in [0.717, 1.165) is 0 Å². The number of rotatable bonds is 3. The number of urea groups is 1. The number of nitrogens with zero attached hydrogens (tertiary/aromatic N) is 2. The molecule has 6 nitrogen and oxygen atoms in total. The summed E-state index contributed by atoms with van der Waals surface area (Å²) in [5.74, 6) is -0.647. The highest BCUT2D eigenvalue weighted by Gasteiger charge is 2.37. The Labute approximate surface area is 108 Å². The zero-order valence-corrected chi connectivity index (χ0v) is 11.7. The van der Waals surface area contributed by atoms with Gasteiger partial charge in [-0.05, 0) is 33.9 Å². The lowest BCUT2D eigenvalue weighted by molar-refractivity contribution is -0.143. The number of carbonyl (C=O) groups is 2.